The first kappa shape index (κ1) is 15.8. The van der Waals surface area contributed by atoms with Crippen LogP contribution in [0.15, 0.2) is 41.0 Å². The van der Waals surface area contributed by atoms with Gasteiger partial charge in [-0.2, -0.15) is 0 Å². The van der Waals surface area contributed by atoms with Crippen LogP contribution in [-0.4, -0.2) is 16.9 Å². The molecule has 1 aromatic heterocycles. The minimum atomic E-state index is -0.174. The minimum Gasteiger partial charge on any atom is -0.347 e. The summed E-state index contributed by atoms with van der Waals surface area (Å²) < 4.78 is 0.688. The smallest absolute Gasteiger partial charge is 0.271 e. The quantitative estimate of drug-likeness (QED) is 0.803. The first-order chi connectivity index (χ1) is 10.6. The molecule has 1 aliphatic rings. The molecule has 0 saturated heterocycles. The summed E-state index contributed by atoms with van der Waals surface area (Å²) in [5.74, 6) is 0.0449. The average molecular weight is 400 g/mol. The summed E-state index contributed by atoms with van der Waals surface area (Å²) in [4.78, 5) is 16.4. The van der Waals surface area contributed by atoms with Gasteiger partial charge in [0.1, 0.15) is 5.69 Å². The highest BCUT2D eigenvalue weighted by Crippen LogP contribution is 2.41. The van der Waals surface area contributed by atoms with Gasteiger partial charge in [-0.15, -0.1) is 0 Å². The van der Waals surface area contributed by atoms with Crippen LogP contribution in [0.2, 0.25) is 10.0 Å². The summed E-state index contributed by atoms with van der Waals surface area (Å²) in [5, 5.41) is 4.31. The molecule has 114 valence electrons. The highest BCUT2D eigenvalue weighted by atomic mass is 79.9. The van der Waals surface area contributed by atoms with Crippen molar-refractivity contribution in [3.8, 4) is 0 Å². The van der Waals surface area contributed by atoms with Crippen LogP contribution < -0.4 is 5.32 Å². The maximum Gasteiger partial charge on any atom is 0.271 e. The molecular weight excluding hydrogens is 387 g/mol. The van der Waals surface area contributed by atoms with Crippen molar-refractivity contribution in [2.24, 2.45) is 0 Å². The number of nitrogens with zero attached hydrogens (tertiary/aromatic N) is 1. The van der Waals surface area contributed by atoms with Crippen molar-refractivity contribution in [1.82, 2.24) is 10.3 Å². The molecule has 1 amide bonds. The van der Waals surface area contributed by atoms with Gasteiger partial charge in [0.25, 0.3) is 5.91 Å². The monoisotopic (exact) mass is 398 g/mol. The van der Waals surface area contributed by atoms with Crippen molar-refractivity contribution in [2.45, 2.75) is 24.8 Å². The molecule has 0 radical (unpaired) electrons. The van der Waals surface area contributed by atoms with E-state index in [1.54, 1.807) is 24.4 Å². The van der Waals surface area contributed by atoms with Crippen molar-refractivity contribution in [2.75, 3.05) is 0 Å². The van der Waals surface area contributed by atoms with Crippen molar-refractivity contribution in [1.29, 1.82) is 0 Å². The van der Waals surface area contributed by atoms with E-state index >= 15 is 0 Å². The lowest BCUT2D eigenvalue weighted by atomic mass is 9.75. The number of rotatable bonds is 3. The van der Waals surface area contributed by atoms with E-state index in [-0.39, 0.29) is 17.9 Å². The Morgan fingerprint density at radius 2 is 2.09 bits per heavy atom. The summed E-state index contributed by atoms with van der Waals surface area (Å²) in [6.07, 6.45) is 3.53. The number of hydrogen-bond acceptors (Lipinski definition) is 2. The number of aromatic nitrogens is 1. The lowest BCUT2D eigenvalue weighted by Crippen LogP contribution is -2.45. The fourth-order valence-corrected chi connectivity index (χ4v) is 3.62. The zero-order valence-corrected chi connectivity index (χ0v) is 14.6. The SMILES string of the molecule is O=C(N[C@H]1CC[C@H]1c1ccc(Cl)cc1Cl)c1ncccc1Br. The molecule has 0 unspecified atom stereocenters. The van der Waals surface area contributed by atoms with Crippen LogP contribution >= 0.6 is 39.1 Å². The van der Waals surface area contributed by atoms with Crippen LogP contribution in [0, 0.1) is 0 Å². The number of carbonyl (C=O) groups is 1. The first-order valence-electron chi connectivity index (χ1n) is 6.92. The number of halogens is 3. The summed E-state index contributed by atoms with van der Waals surface area (Å²) >= 11 is 15.5. The molecule has 2 atom stereocenters. The fraction of sp³-hybridized carbons (Fsp3) is 0.250. The number of amides is 1. The molecule has 1 saturated carbocycles. The second-order valence-electron chi connectivity index (χ2n) is 5.26. The van der Waals surface area contributed by atoms with Gasteiger partial charge in [-0.25, -0.2) is 4.98 Å². The third kappa shape index (κ3) is 3.14. The summed E-state index contributed by atoms with van der Waals surface area (Å²) in [6, 6.07) is 9.15. The maximum atomic E-state index is 12.3. The van der Waals surface area contributed by atoms with E-state index in [0.29, 0.717) is 20.2 Å². The Morgan fingerprint density at radius 1 is 1.27 bits per heavy atom. The Balaban J connectivity index is 1.74. The van der Waals surface area contributed by atoms with Crippen LogP contribution in [0.4, 0.5) is 0 Å². The van der Waals surface area contributed by atoms with Gasteiger partial charge in [0.15, 0.2) is 0 Å². The molecule has 0 aliphatic heterocycles. The van der Waals surface area contributed by atoms with Gasteiger partial charge in [-0.05, 0) is 58.6 Å². The number of hydrogen-bond donors (Lipinski definition) is 1. The van der Waals surface area contributed by atoms with Gasteiger partial charge in [-0.1, -0.05) is 29.3 Å². The van der Waals surface area contributed by atoms with Gasteiger partial charge in [0.05, 0.1) is 0 Å². The third-order valence-corrected chi connectivity index (χ3v) is 5.13. The van der Waals surface area contributed by atoms with E-state index in [9.17, 15) is 4.79 Å². The summed E-state index contributed by atoms with van der Waals surface area (Å²) in [6.45, 7) is 0. The van der Waals surface area contributed by atoms with Gasteiger partial charge >= 0.3 is 0 Å². The third-order valence-electron chi connectivity index (χ3n) is 3.93. The zero-order valence-electron chi connectivity index (χ0n) is 11.5. The molecular formula is C16H13BrCl2N2O. The number of carbonyl (C=O) groups excluding carboxylic acids is 1. The Hall–Kier alpha value is -1.10. The molecule has 1 aliphatic carbocycles. The topological polar surface area (TPSA) is 42.0 Å². The zero-order chi connectivity index (χ0) is 15.7. The van der Waals surface area contributed by atoms with Gasteiger partial charge in [0, 0.05) is 32.7 Å². The average Bonchev–Trinajstić information content (AvgIpc) is 2.46. The predicted octanol–water partition coefficient (Wildman–Crippen LogP) is 4.83. The van der Waals surface area contributed by atoms with Crippen molar-refractivity contribution < 1.29 is 4.79 Å². The maximum absolute atomic E-state index is 12.3. The van der Waals surface area contributed by atoms with E-state index in [4.69, 9.17) is 23.2 Å². The van der Waals surface area contributed by atoms with Crippen LogP contribution in [0.5, 0.6) is 0 Å². The molecule has 6 heteroatoms. The molecule has 1 N–H and O–H groups in total. The van der Waals surface area contributed by atoms with Crippen molar-refractivity contribution in [3.63, 3.8) is 0 Å². The Kier molecular flexibility index (Phi) is 4.71. The molecule has 3 rings (SSSR count). The van der Waals surface area contributed by atoms with E-state index in [0.717, 1.165) is 18.4 Å². The number of nitrogens with one attached hydrogen (secondary N) is 1. The molecule has 3 nitrogen and oxygen atoms in total. The molecule has 22 heavy (non-hydrogen) atoms. The van der Waals surface area contributed by atoms with Crippen LogP contribution in [0.3, 0.4) is 0 Å². The molecule has 1 fully saturated rings. The minimum absolute atomic E-state index is 0.0695. The second-order valence-corrected chi connectivity index (χ2v) is 6.96. The van der Waals surface area contributed by atoms with E-state index in [1.807, 2.05) is 12.1 Å². The number of pyridine rings is 1. The van der Waals surface area contributed by atoms with E-state index < -0.39 is 0 Å². The molecule has 0 bridgehead atoms. The normalized spacial score (nSPS) is 20.3. The van der Waals surface area contributed by atoms with Gasteiger partial charge in [0.2, 0.25) is 0 Å². The number of benzene rings is 1. The van der Waals surface area contributed by atoms with Crippen molar-refractivity contribution >= 4 is 45.0 Å². The lowest BCUT2D eigenvalue weighted by Gasteiger charge is -2.38. The molecule has 1 heterocycles. The lowest BCUT2D eigenvalue weighted by molar-refractivity contribution is 0.0898. The van der Waals surface area contributed by atoms with E-state index in [2.05, 4.69) is 26.2 Å². The Labute approximate surface area is 147 Å². The van der Waals surface area contributed by atoms with Gasteiger partial charge < -0.3 is 5.32 Å². The fourth-order valence-electron chi connectivity index (χ4n) is 2.64. The Bertz CT molecular complexity index is 723. The first-order valence-corrected chi connectivity index (χ1v) is 8.47. The largest absolute Gasteiger partial charge is 0.347 e. The van der Waals surface area contributed by atoms with Crippen LogP contribution in [0.1, 0.15) is 34.8 Å². The van der Waals surface area contributed by atoms with Crippen LogP contribution in [-0.2, 0) is 0 Å². The standard InChI is InChI=1S/C16H13BrCl2N2O/c17-12-2-1-7-20-15(12)16(22)21-14-6-5-11(14)10-4-3-9(18)8-13(10)19/h1-4,7-8,11,14H,5-6H2,(H,21,22)/t11-,14-/m0/s1. The summed E-state index contributed by atoms with van der Waals surface area (Å²) in [5.41, 5.74) is 1.43. The highest BCUT2D eigenvalue weighted by Gasteiger charge is 2.35. The second kappa shape index (κ2) is 6.57. The molecule has 1 aromatic carbocycles. The molecule has 2 aromatic rings. The van der Waals surface area contributed by atoms with Crippen LogP contribution in [0.25, 0.3) is 0 Å². The predicted molar refractivity (Wildman–Crippen MR) is 91.6 cm³/mol. The Morgan fingerprint density at radius 3 is 2.73 bits per heavy atom. The molecule has 0 spiro atoms. The van der Waals surface area contributed by atoms with E-state index in [1.165, 1.54) is 0 Å². The summed E-state index contributed by atoms with van der Waals surface area (Å²) in [7, 11) is 0. The van der Waals surface area contributed by atoms with Gasteiger partial charge in [-0.3, -0.25) is 4.79 Å². The highest BCUT2D eigenvalue weighted by molar-refractivity contribution is 9.10. The van der Waals surface area contributed by atoms with Crippen molar-refractivity contribution in [3.05, 3.63) is 62.3 Å².